The van der Waals surface area contributed by atoms with E-state index in [-0.39, 0.29) is 0 Å². The Labute approximate surface area is 150 Å². The van der Waals surface area contributed by atoms with Gasteiger partial charge < -0.3 is 0 Å². The van der Waals surface area contributed by atoms with Gasteiger partial charge in [-0.05, 0) is 49.2 Å². The molecular weight excluding hydrogens is 310 g/mol. The van der Waals surface area contributed by atoms with Gasteiger partial charge in [-0.3, -0.25) is 0 Å². The predicted molar refractivity (Wildman–Crippen MR) is 105 cm³/mol. The Balaban J connectivity index is 1.73. The molecule has 0 N–H and O–H groups in total. The minimum absolute atomic E-state index is 0.674. The second-order valence-corrected chi connectivity index (χ2v) is 7.46. The first-order valence-corrected chi connectivity index (χ1v) is 10.1. The maximum atomic E-state index is 4.58. The Morgan fingerprint density at radius 1 is 1.25 bits per heavy atom. The van der Waals surface area contributed by atoms with E-state index in [2.05, 4.69) is 59.8 Å². The number of rotatable bonds is 7. The number of unbranched alkanes of at least 4 members (excludes halogenated alkanes) is 3. The largest absolute Gasteiger partial charge is 0.245 e. The molecule has 0 spiro atoms. The lowest BCUT2D eigenvalue weighted by Gasteiger charge is -2.23. The van der Waals surface area contributed by atoms with Gasteiger partial charge in [-0.25, -0.2) is 4.98 Å². The quantitative estimate of drug-likeness (QED) is 0.496. The number of allylic oxidation sites excluding steroid dienone is 4. The highest BCUT2D eigenvalue weighted by molar-refractivity contribution is 7.10. The Morgan fingerprint density at radius 3 is 2.79 bits per heavy atom. The third-order valence-corrected chi connectivity index (χ3v) is 5.65. The van der Waals surface area contributed by atoms with E-state index >= 15 is 0 Å². The van der Waals surface area contributed by atoms with Crippen molar-refractivity contribution in [2.24, 2.45) is 0 Å². The summed E-state index contributed by atoms with van der Waals surface area (Å²) in [4.78, 5) is 4.58. The molecule has 0 radical (unpaired) electrons. The molecule has 0 saturated heterocycles. The van der Waals surface area contributed by atoms with Crippen LogP contribution in [0.25, 0.3) is 5.57 Å². The van der Waals surface area contributed by atoms with E-state index in [4.69, 9.17) is 0 Å². The molecular formula is C22H27NS. The molecule has 1 unspecified atom stereocenters. The molecule has 1 aliphatic rings. The fourth-order valence-electron chi connectivity index (χ4n) is 3.46. The summed E-state index contributed by atoms with van der Waals surface area (Å²) in [5, 5.41) is 3.28. The van der Waals surface area contributed by atoms with Crippen molar-refractivity contribution in [1.29, 1.82) is 0 Å². The van der Waals surface area contributed by atoms with Crippen molar-refractivity contribution < 1.29 is 0 Å². The number of nitrogens with zero attached hydrogens (tertiary/aromatic N) is 1. The van der Waals surface area contributed by atoms with E-state index in [9.17, 15) is 0 Å². The zero-order valence-corrected chi connectivity index (χ0v) is 15.4. The van der Waals surface area contributed by atoms with Crippen molar-refractivity contribution in [3.05, 3.63) is 70.2 Å². The van der Waals surface area contributed by atoms with Crippen LogP contribution >= 0.6 is 11.3 Å². The van der Waals surface area contributed by atoms with Crippen LogP contribution in [-0.4, -0.2) is 4.98 Å². The Hall–Kier alpha value is -1.67. The van der Waals surface area contributed by atoms with Crippen LogP contribution in [0.1, 0.15) is 68.4 Å². The molecule has 0 fully saturated rings. The minimum atomic E-state index is 0.674. The summed E-state index contributed by atoms with van der Waals surface area (Å²) in [5.41, 5.74) is 4.39. The molecule has 0 amide bonds. The molecule has 1 aliphatic carbocycles. The van der Waals surface area contributed by atoms with Crippen molar-refractivity contribution in [3.8, 4) is 0 Å². The molecule has 0 aliphatic heterocycles. The Bertz CT molecular complexity index is 667. The van der Waals surface area contributed by atoms with Crippen molar-refractivity contribution >= 4 is 16.9 Å². The van der Waals surface area contributed by atoms with E-state index in [1.807, 2.05) is 6.20 Å². The highest BCUT2D eigenvalue weighted by atomic mass is 32.1. The molecule has 1 atom stereocenters. The first-order chi connectivity index (χ1) is 11.9. The van der Waals surface area contributed by atoms with Crippen molar-refractivity contribution in [3.63, 3.8) is 0 Å². The fraction of sp³-hybridized carbons (Fsp3) is 0.409. The van der Waals surface area contributed by atoms with Crippen LogP contribution in [0.15, 0.2) is 59.6 Å². The van der Waals surface area contributed by atoms with E-state index < -0.39 is 0 Å². The zero-order chi connectivity index (χ0) is 16.6. The maximum absolute atomic E-state index is 4.58. The van der Waals surface area contributed by atoms with Crippen molar-refractivity contribution in [2.75, 3.05) is 0 Å². The topological polar surface area (TPSA) is 12.9 Å². The van der Waals surface area contributed by atoms with Crippen LogP contribution in [0.5, 0.6) is 0 Å². The van der Waals surface area contributed by atoms with Gasteiger partial charge in [-0.15, -0.1) is 11.3 Å². The first-order valence-electron chi connectivity index (χ1n) is 9.23. The van der Waals surface area contributed by atoms with Crippen molar-refractivity contribution in [1.82, 2.24) is 4.98 Å². The average Bonchev–Trinajstić information content (AvgIpc) is 3.17. The summed E-state index contributed by atoms with van der Waals surface area (Å²) in [5.74, 6) is 0.674. The SMILES string of the molecule is CCCCC/C=C(/C1=CCC(c2ccccc2)CC1)c1nccs1. The number of aromatic nitrogens is 1. The van der Waals surface area contributed by atoms with Crippen LogP contribution in [0, 0.1) is 0 Å². The van der Waals surface area contributed by atoms with E-state index in [1.54, 1.807) is 11.3 Å². The lowest BCUT2D eigenvalue weighted by atomic mass is 9.82. The second kappa shape index (κ2) is 8.98. The third kappa shape index (κ3) is 4.45. The zero-order valence-electron chi connectivity index (χ0n) is 14.6. The molecule has 0 saturated carbocycles. The Morgan fingerprint density at radius 2 is 2.12 bits per heavy atom. The van der Waals surface area contributed by atoms with Crippen molar-refractivity contribution in [2.45, 2.75) is 57.8 Å². The van der Waals surface area contributed by atoms with Crippen LogP contribution in [0.4, 0.5) is 0 Å². The molecule has 1 aromatic carbocycles. The Kier molecular flexibility index (Phi) is 6.42. The van der Waals surface area contributed by atoms with E-state index in [0.717, 1.165) is 6.42 Å². The van der Waals surface area contributed by atoms with Crippen LogP contribution in [0.3, 0.4) is 0 Å². The van der Waals surface area contributed by atoms with Gasteiger partial charge in [0.25, 0.3) is 0 Å². The highest BCUT2D eigenvalue weighted by Gasteiger charge is 2.19. The molecule has 1 heterocycles. The molecule has 3 rings (SSSR count). The molecule has 2 aromatic rings. The number of benzene rings is 1. The monoisotopic (exact) mass is 337 g/mol. The number of thiazole rings is 1. The number of hydrogen-bond donors (Lipinski definition) is 0. The van der Waals surface area contributed by atoms with Gasteiger partial charge in [0.15, 0.2) is 0 Å². The van der Waals surface area contributed by atoms with Crippen LogP contribution in [-0.2, 0) is 0 Å². The van der Waals surface area contributed by atoms with Gasteiger partial charge >= 0.3 is 0 Å². The van der Waals surface area contributed by atoms with Gasteiger partial charge in [-0.2, -0.15) is 0 Å². The predicted octanol–water partition coefficient (Wildman–Crippen LogP) is 7.00. The summed E-state index contributed by atoms with van der Waals surface area (Å²) in [7, 11) is 0. The van der Waals surface area contributed by atoms with Gasteiger partial charge in [0.05, 0.1) is 0 Å². The smallest absolute Gasteiger partial charge is 0.123 e. The van der Waals surface area contributed by atoms with Crippen LogP contribution in [0.2, 0.25) is 0 Å². The van der Waals surface area contributed by atoms with E-state index in [1.165, 1.54) is 60.2 Å². The minimum Gasteiger partial charge on any atom is -0.245 e. The molecule has 0 bridgehead atoms. The molecule has 126 valence electrons. The summed E-state index contributed by atoms with van der Waals surface area (Å²) >= 11 is 1.77. The molecule has 2 heteroatoms. The lowest BCUT2D eigenvalue weighted by molar-refractivity contribution is 0.607. The fourth-order valence-corrected chi connectivity index (χ4v) is 4.17. The summed E-state index contributed by atoms with van der Waals surface area (Å²) in [6, 6.07) is 11.0. The first kappa shape index (κ1) is 17.2. The van der Waals surface area contributed by atoms with Gasteiger partial charge in [0.1, 0.15) is 5.01 Å². The standard InChI is InChI=1S/C22H27NS/c1-2-3-4-8-11-21(22-23-16-17-24-22)20-14-12-19(13-15-20)18-9-6-5-7-10-18/h5-7,9-11,14,16-17,19H,2-4,8,12-13,15H2,1H3/b21-11-. The summed E-state index contributed by atoms with van der Waals surface area (Å²) in [6.07, 6.45) is 15.4. The second-order valence-electron chi connectivity index (χ2n) is 6.56. The van der Waals surface area contributed by atoms with Gasteiger partial charge in [0, 0.05) is 17.2 Å². The molecule has 1 nitrogen and oxygen atoms in total. The lowest BCUT2D eigenvalue weighted by Crippen LogP contribution is -2.05. The van der Waals surface area contributed by atoms with Crippen LogP contribution < -0.4 is 0 Å². The normalized spacial score (nSPS) is 18.5. The maximum Gasteiger partial charge on any atom is 0.123 e. The van der Waals surface area contributed by atoms with E-state index in [0.29, 0.717) is 5.92 Å². The summed E-state index contributed by atoms with van der Waals surface area (Å²) < 4.78 is 0. The average molecular weight is 338 g/mol. The number of hydrogen-bond acceptors (Lipinski definition) is 2. The highest BCUT2D eigenvalue weighted by Crippen LogP contribution is 2.38. The van der Waals surface area contributed by atoms with Gasteiger partial charge in [0.2, 0.25) is 0 Å². The molecule has 24 heavy (non-hydrogen) atoms. The molecule has 1 aromatic heterocycles. The van der Waals surface area contributed by atoms with Gasteiger partial charge in [-0.1, -0.05) is 62.2 Å². The summed E-state index contributed by atoms with van der Waals surface area (Å²) in [6.45, 7) is 2.26. The third-order valence-electron chi connectivity index (χ3n) is 4.85.